The number of phenolic OH excluding ortho intramolecular Hbond substituents is 1. The van der Waals surface area contributed by atoms with Crippen LogP contribution < -0.4 is 10.2 Å². The van der Waals surface area contributed by atoms with Gasteiger partial charge in [0.15, 0.2) is 0 Å². The number of hydrogen-bond acceptors (Lipinski definition) is 6. The highest BCUT2D eigenvalue weighted by molar-refractivity contribution is 5.88. The summed E-state index contributed by atoms with van der Waals surface area (Å²) in [5, 5.41) is 19.9. The molecule has 4 aromatic rings. The monoisotopic (exact) mass is 440 g/mol. The third-order valence-corrected chi connectivity index (χ3v) is 7.95. The number of hydrogen-bond donors (Lipinski definition) is 2. The smallest absolute Gasteiger partial charge is 0.129 e. The summed E-state index contributed by atoms with van der Waals surface area (Å²) in [5.74, 6) is 2.20. The van der Waals surface area contributed by atoms with Gasteiger partial charge in [0.05, 0.1) is 22.2 Å². The van der Waals surface area contributed by atoms with E-state index >= 15 is 0 Å². The van der Waals surface area contributed by atoms with Crippen LogP contribution in [0, 0.1) is 5.92 Å². The van der Waals surface area contributed by atoms with Gasteiger partial charge in [0.1, 0.15) is 11.6 Å². The number of phenols is 1. The first-order valence-corrected chi connectivity index (χ1v) is 12.0. The molecule has 4 heterocycles. The molecule has 0 spiro atoms. The summed E-state index contributed by atoms with van der Waals surface area (Å²) in [7, 11) is 1.88. The van der Waals surface area contributed by atoms with Gasteiger partial charge in [-0.25, -0.2) is 9.97 Å². The van der Waals surface area contributed by atoms with Crippen molar-refractivity contribution in [1.82, 2.24) is 25.1 Å². The van der Waals surface area contributed by atoms with Gasteiger partial charge in [-0.1, -0.05) is 0 Å². The molecule has 0 radical (unpaired) electrons. The molecule has 7 nitrogen and oxygen atoms in total. The number of aromatic hydroxyl groups is 1. The van der Waals surface area contributed by atoms with Crippen molar-refractivity contribution in [3.8, 4) is 17.0 Å². The van der Waals surface area contributed by atoms with E-state index in [1.54, 1.807) is 10.7 Å². The van der Waals surface area contributed by atoms with Crippen molar-refractivity contribution in [3.63, 3.8) is 0 Å². The second-order valence-corrected chi connectivity index (χ2v) is 10.3. The van der Waals surface area contributed by atoms with E-state index in [4.69, 9.17) is 9.97 Å². The van der Waals surface area contributed by atoms with Gasteiger partial charge >= 0.3 is 0 Å². The summed E-state index contributed by atoms with van der Waals surface area (Å²) in [6, 6.07) is 12.3. The van der Waals surface area contributed by atoms with Crippen LogP contribution in [0.2, 0.25) is 0 Å². The minimum absolute atomic E-state index is 0.188. The summed E-state index contributed by atoms with van der Waals surface area (Å²) >= 11 is 0. The number of aryl methyl sites for hydroxylation is 1. The zero-order valence-corrected chi connectivity index (χ0v) is 18.8. The number of rotatable bonds is 4. The lowest BCUT2D eigenvalue weighted by Crippen LogP contribution is -2.54. The molecule has 2 N–H and O–H groups in total. The molecular weight excluding hydrogens is 412 g/mol. The van der Waals surface area contributed by atoms with Crippen LogP contribution in [-0.4, -0.2) is 49.5 Å². The second kappa shape index (κ2) is 6.90. The van der Waals surface area contributed by atoms with E-state index in [0.29, 0.717) is 17.1 Å². The molecule has 3 saturated carbocycles. The molecule has 3 aromatic heterocycles. The van der Waals surface area contributed by atoms with Gasteiger partial charge in [-0.05, 0) is 68.4 Å². The van der Waals surface area contributed by atoms with Gasteiger partial charge in [0.2, 0.25) is 0 Å². The molecule has 2 bridgehead atoms. The van der Waals surface area contributed by atoms with Crippen LogP contribution in [0.1, 0.15) is 32.1 Å². The summed E-state index contributed by atoms with van der Waals surface area (Å²) in [5.41, 5.74) is 4.38. The number of fused-ring (bicyclic) bond motifs is 3. The quantitative estimate of drug-likeness (QED) is 0.499. The van der Waals surface area contributed by atoms with Crippen molar-refractivity contribution < 1.29 is 5.11 Å². The van der Waals surface area contributed by atoms with Crippen LogP contribution in [0.25, 0.3) is 33.2 Å². The zero-order chi connectivity index (χ0) is 22.2. The standard InChI is InChI=1S/C26H28N6O/c1-31-14-17-10-19(24(33)11-23(17)30-31)20-2-3-22-21(27-20)4-5-25(28-22)32-9-7-18(15-32)29-26-8-6-16(12-26)13-26/h2-5,10-11,14,16,18,29,33H,6-9,12-13,15H2,1H3. The van der Waals surface area contributed by atoms with Crippen molar-refractivity contribution in [2.24, 2.45) is 13.0 Å². The molecule has 7 heteroatoms. The molecule has 33 heavy (non-hydrogen) atoms. The predicted octanol–water partition coefficient (Wildman–Crippen LogP) is 4.00. The Kier molecular flexibility index (Phi) is 4.04. The van der Waals surface area contributed by atoms with E-state index in [0.717, 1.165) is 52.5 Å². The molecule has 1 saturated heterocycles. The SMILES string of the molecule is Cn1cc2cc(-c3ccc4nc(N5CCC(NC67CCC(C6)C7)C5)ccc4n3)c(O)cc2n1. The molecule has 4 fully saturated rings. The predicted molar refractivity (Wildman–Crippen MR) is 129 cm³/mol. The molecule has 1 aliphatic heterocycles. The van der Waals surface area contributed by atoms with Crippen molar-refractivity contribution in [3.05, 3.63) is 42.6 Å². The van der Waals surface area contributed by atoms with E-state index < -0.39 is 0 Å². The van der Waals surface area contributed by atoms with E-state index in [1.165, 1.54) is 32.1 Å². The Morgan fingerprint density at radius 1 is 1.03 bits per heavy atom. The first-order valence-electron chi connectivity index (χ1n) is 12.0. The summed E-state index contributed by atoms with van der Waals surface area (Å²) in [6.45, 7) is 2.07. The third kappa shape index (κ3) is 3.17. The van der Waals surface area contributed by atoms with Gasteiger partial charge < -0.3 is 15.3 Å². The number of anilines is 1. The van der Waals surface area contributed by atoms with Crippen LogP contribution in [0.5, 0.6) is 5.75 Å². The molecule has 8 rings (SSSR count). The number of pyridine rings is 2. The third-order valence-electron chi connectivity index (χ3n) is 7.95. The first-order chi connectivity index (χ1) is 16.0. The number of benzene rings is 1. The summed E-state index contributed by atoms with van der Waals surface area (Å²) in [4.78, 5) is 12.1. The fourth-order valence-electron chi connectivity index (χ4n) is 6.36. The maximum absolute atomic E-state index is 10.6. The number of aromatic nitrogens is 4. The Morgan fingerprint density at radius 2 is 1.88 bits per heavy atom. The van der Waals surface area contributed by atoms with Crippen LogP contribution in [0.4, 0.5) is 5.82 Å². The van der Waals surface area contributed by atoms with Crippen molar-refractivity contribution >= 4 is 27.8 Å². The van der Waals surface area contributed by atoms with Crippen LogP contribution in [-0.2, 0) is 7.05 Å². The van der Waals surface area contributed by atoms with Crippen molar-refractivity contribution in [2.45, 2.75) is 43.7 Å². The molecule has 0 amide bonds. The second-order valence-electron chi connectivity index (χ2n) is 10.3. The van der Waals surface area contributed by atoms with E-state index in [9.17, 15) is 5.11 Å². The highest BCUT2D eigenvalue weighted by Crippen LogP contribution is 2.52. The number of nitrogens with zero attached hydrogens (tertiary/aromatic N) is 5. The minimum atomic E-state index is 0.188. The normalized spacial score (nSPS) is 26.4. The lowest BCUT2D eigenvalue weighted by molar-refractivity contribution is 0.173. The highest BCUT2D eigenvalue weighted by Gasteiger charge is 2.51. The first kappa shape index (κ1) is 19.3. The Balaban J connectivity index is 1.13. The fraction of sp³-hybridized carbons (Fsp3) is 0.423. The Bertz CT molecular complexity index is 1380. The van der Waals surface area contributed by atoms with E-state index in [-0.39, 0.29) is 5.75 Å². The average molecular weight is 441 g/mol. The lowest BCUT2D eigenvalue weighted by Gasteiger charge is -2.41. The molecular formula is C26H28N6O. The topological polar surface area (TPSA) is 79.1 Å². The molecule has 168 valence electrons. The molecule has 4 aliphatic rings. The van der Waals surface area contributed by atoms with Gasteiger partial charge in [0.25, 0.3) is 0 Å². The zero-order valence-electron chi connectivity index (χ0n) is 18.8. The molecule has 1 aromatic carbocycles. The number of nitrogens with one attached hydrogen (secondary N) is 1. The van der Waals surface area contributed by atoms with Gasteiger partial charge in [0, 0.05) is 54.9 Å². The van der Waals surface area contributed by atoms with Gasteiger partial charge in [-0.15, -0.1) is 0 Å². The van der Waals surface area contributed by atoms with E-state index in [1.807, 2.05) is 37.5 Å². The molecule has 1 atom stereocenters. The van der Waals surface area contributed by atoms with E-state index in [2.05, 4.69) is 21.4 Å². The largest absolute Gasteiger partial charge is 0.507 e. The van der Waals surface area contributed by atoms with Crippen LogP contribution >= 0.6 is 0 Å². The summed E-state index contributed by atoms with van der Waals surface area (Å²) in [6.07, 6.45) is 8.67. The van der Waals surface area contributed by atoms with Crippen molar-refractivity contribution in [2.75, 3.05) is 18.0 Å². The average Bonchev–Trinajstić information content (AvgIpc) is 3.56. The Morgan fingerprint density at radius 3 is 2.73 bits per heavy atom. The lowest BCUT2D eigenvalue weighted by atomic mass is 9.76. The maximum Gasteiger partial charge on any atom is 0.129 e. The van der Waals surface area contributed by atoms with Gasteiger partial charge in [-0.3, -0.25) is 4.68 Å². The fourth-order valence-corrected chi connectivity index (χ4v) is 6.36. The van der Waals surface area contributed by atoms with Crippen molar-refractivity contribution in [1.29, 1.82) is 0 Å². The summed E-state index contributed by atoms with van der Waals surface area (Å²) < 4.78 is 1.75. The minimum Gasteiger partial charge on any atom is -0.507 e. The Labute approximate surface area is 192 Å². The van der Waals surface area contributed by atoms with Crippen LogP contribution in [0.3, 0.4) is 0 Å². The molecule has 1 unspecified atom stereocenters. The maximum atomic E-state index is 10.6. The Hall–Kier alpha value is -3.19. The highest BCUT2D eigenvalue weighted by atomic mass is 16.3. The van der Waals surface area contributed by atoms with Crippen LogP contribution in [0.15, 0.2) is 42.6 Å². The molecule has 3 aliphatic carbocycles. The van der Waals surface area contributed by atoms with Gasteiger partial charge in [-0.2, -0.15) is 5.10 Å².